The highest BCUT2D eigenvalue weighted by molar-refractivity contribution is 5.92. The van der Waals surface area contributed by atoms with Gasteiger partial charge in [0.25, 0.3) is 0 Å². The number of aryl methyl sites for hydroxylation is 1. The maximum absolute atomic E-state index is 14.5. The minimum atomic E-state index is -1.75. The van der Waals surface area contributed by atoms with Crippen molar-refractivity contribution in [2.45, 2.75) is 32.6 Å². The number of hydrogen-bond donors (Lipinski definition) is 0. The third-order valence-corrected chi connectivity index (χ3v) is 4.77. The van der Waals surface area contributed by atoms with Gasteiger partial charge < -0.3 is 4.74 Å². The number of carbonyl (C=O) groups excluding carboxylic acids is 1. The number of rotatable bonds is 7. The summed E-state index contributed by atoms with van der Waals surface area (Å²) in [6.45, 7) is 2.11. The highest BCUT2D eigenvalue weighted by Gasteiger charge is 2.22. The van der Waals surface area contributed by atoms with E-state index >= 15 is 0 Å². The van der Waals surface area contributed by atoms with Crippen LogP contribution in [0.5, 0.6) is 5.75 Å². The molecule has 0 aliphatic heterocycles. The second kappa shape index (κ2) is 9.73. The van der Waals surface area contributed by atoms with Crippen molar-refractivity contribution in [2.75, 3.05) is 0 Å². The standard InChI is InChI=1S/C24H19F5O2/c1-2-3-4-5-14-6-8-15(9-7-14)16-10-18(25)22(19(26)11-16)24(30)31-17-12-20(27)23(29)21(28)13-17/h6-13H,2-5H2,1H3. The maximum Gasteiger partial charge on any atom is 0.349 e. The van der Waals surface area contributed by atoms with Crippen LogP contribution < -0.4 is 4.74 Å². The van der Waals surface area contributed by atoms with Gasteiger partial charge in [-0.1, -0.05) is 44.0 Å². The molecule has 7 heteroatoms. The summed E-state index contributed by atoms with van der Waals surface area (Å²) in [6.07, 6.45) is 4.19. The first kappa shape index (κ1) is 22.5. The number of halogens is 5. The second-order valence-electron chi connectivity index (χ2n) is 7.06. The van der Waals surface area contributed by atoms with Gasteiger partial charge in [0.2, 0.25) is 0 Å². The predicted molar refractivity (Wildman–Crippen MR) is 106 cm³/mol. The van der Waals surface area contributed by atoms with Crippen LogP contribution in [0, 0.1) is 29.1 Å². The molecule has 0 saturated heterocycles. The lowest BCUT2D eigenvalue weighted by Crippen LogP contribution is -2.14. The summed E-state index contributed by atoms with van der Waals surface area (Å²) in [4.78, 5) is 12.1. The Morgan fingerprint density at radius 3 is 1.90 bits per heavy atom. The maximum atomic E-state index is 14.5. The van der Waals surface area contributed by atoms with E-state index in [1.54, 1.807) is 12.1 Å². The van der Waals surface area contributed by atoms with Crippen molar-refractivity contribution in [3.05, 3.63) is 88.7 Å². The highest BCUT2D eigenvalue weighted by atomic mass is 19.2. The number of esters is 1. The fraction of sp³-hybridized carbons (Fsp3) is 0.208. The van der Waals surface area contributed by atoms with Crippen molar-refractivity contribution in [3.63, 3.8) is 0 Å². The number of benzene rings is 3. The van der Waals surface area contributed by atoms with Crippen LogP contribution in [0.2, 0.25) is 0 Å². The van der Waals surface area contributed by atoms with Crippen LogP contribution in [-0.4, -0.2) is 5.97 Å². The Hall–Kier alpha value is -3.22. The van der Waals surface area contributed by atoms with E-state index in [9.17, 15) is 26.7 Å². The lowest BCUT2D eigenvalue weighted by atomic mass is 10.00. The molecule has 3 aromatic carbocycles. The molecule has 31 heavy (non-hydrogen) atoms. The van der Waals surface area contributed by atoms with Crippen LogP contribution in [0.4, 0.5) is 22.0 Å². The van der Waals surface area contributed by atoms with Gasteiger partial charge in [0.1, 0.15) is 22.9 Å². The third kappa shape index (κ3) is 5.29. The Morgan fingerprint density at radius 2 is 1.35 bits per heavy atom. The zero-order chi connectivity index (χ0) is 22.5. The van der Waals surface area contributed by atoms with Gasteiger partial charge in [-0.05, 0) is 41.7 Å². The summed E-state index contributed by atoms with van der Waals surface area (Å²) < 4.78 is 73.1. The lowest BCUT2D eigenvalue weighted by molar-refractivity contribution is 0.0723. The fourth-order valence-electron chi connectivity index (χ4n) is 3.13. The summed E-state index contributed by atoms with van der Waals surface area (Å²) in [5, 5.41) is 0. The van der Waals surface area contributed by atoms with E-state index in [0.717, 1.165) is 43.4 Å². The zero-order valence-corrected chi connectivity index (χ0v) is 16.7. The molecule has 0 N–H and O–H groups in total. The van der Waals surface area contributed by atoms with Gasteiger partial charge >= 0.3 is 5.97 Å². The molecule has 0 unspecified atom stereocenters. The van der Waals surface area contributed by atoms with Crippen LogP contribution in [0.15, 0.2) is 48.5 Å². The van der Waals surface area contributed by atoms with Crippen LogP contribution >= 0.6 is 0 Å². The van der Waals surface area contributed by atoms with Crippen molar-refractivity contribution in [1.29, 1.82) is 0 Å². The Kier molecular flexibility index (Phi) is 7.05. The molecule has 0 amide bonds. The number of unbranched alkanes of at least 4 members (excludes halogenated alkanes) is 2. The third-order valence-electron chi connectivity index (χ3n) is 4.77. The van der Waals surface area contributed by atoms with Crippen molar-refractivity contribution in [1.82, 2.24) is 0 Å². The van der Waals surface area contributed by atoms with Gasteiger partial charge in [-0.3, -0.25) is 0 Å². The van der Waals surface area contributed by atoms with E-state index in [2.05, 4.69) is 11.7 Å². The lowest BCUT2D eigenvalue weighted by Gasteiger charge is -2.10. The summed E-state index contributed by atoms with van der Waals surface area (Å²) in [5.41, 5.74) is 0.854. The topological polar surface area (TPSA) is 26.3 Å². The average molecular weight is 434 g/mol. The van der Waals surface area contributed by atoms with Crippen LogP contribution in [0.3, 0.4) is 0 Å². The smallest absolute Gasteiger partial charge is 0.349 e. The van der Waals surface area contributed by atoms with E-state index in [1.807, 2.05) is 12.1 Å². The molecule has 0 radical (unpaired) electrons. The van der Waals surface area contributed by atoms with Gasteiger partial charge in [0.05, 0.1) is 0 Å². The van der Waals surface area contributed by atoms with Crippen molar-refractivity contribution >= 4 is 5.97 Å². The number of hydrogen-bond acceptors (Lipinski definition) is 2. The molecule has 3 rings (SSSR count). The normalized spacial score (nSPS) is 10.9. The number of carbonyl (C=O) groups is 1. The van der Waals surface area contributed by atoms with Crippen molar-refractivity contribution < 1.29 is 31.5 Å². The Balaban J connectivity index is 1.81. The summed E-state index contributed by atoms with van der Waals surface area (Å²) in [7, 11) is 0. The van der Waals surface area contributed by atoms with E-state index in [0.29, 0.717) is 17.7 Å². The molecule has 0 aliphatic rings. The van der Waals surface area contributed by atoms with Crippen LogP contribution in [0.1, 0.15) is 42.1 Å². The molecule has 0 saturated carbocycles. The minimum Gasteiger partial charge on any atom is -0.423 e. The van der Waals surface area contributed by atoms with Gasteiger partial charge in [-0.2, -0.15) is 0 Å². The molecular formula is C24H19F5O2. The van der Waals surface area contributed by atoms with Crippen molar-refractivity contribution in [2.24, 2.45) is 0 Å². The monoisotopic (exact) mass is 434 g/mol. The summed E-state index contributed by atoms with van der Waals surface area (Å²) >= 11 is 0. The second-order valence-corrected chi connectivity index (χ2v) is 7.06. The molecule has 162 valence electrons. The zero-order valence-electron chi connectivity index (χ0n) is 16.7. The molecule has 0 heterocycles. The van der Waals surface area contributed by atoms with Gasteiger partial charge in [-0.25, -0.2) is 26.7 Å². The molecule has 0 aliphatic carbocycles. The average Bonchev–Trinajstić information content (AvgIpc) is 2.72. The SMILES string of the molecule is CCCCCc1ccc(-c2cc(F)c(C(=O)Oc3cc(F)c(F)c(F)c3)c(F)c2)cc1. The minimum absolute atomic E-state index is 0.213. The molecule has 2 nitrogen and oxygen atoms in total. The molecule has 0 fully saturated rings. The summed E-state index contributed by atoms with van der Waals surface area (Å²) in [6, 6.07) is 9.97. The number of ether oxygens (including phenoxy) is 1. The summed E-state index contributed by atoms with van der Waals surface area (Å²) in [5.74, 6) is -9.57. The predicted octanol–water partition coefficient (Wildman–Crippen LogP) is 7.00. The van der Waals surface area contributed by atoms with E-state index in [4.69, 9.17) is 0 Å². The molecule has 0 spiro atoms. The fourth-order valence-corrected chi connectivity index (χ4v) is 3.13. The first-order valence-electron chi connectivity index (χ1n) is 9.75. The molecule has 0 atom stereocenters. The largest absolute Gasteiger partial charge is 0.423 e. The first-order valence-corrected chi connectivity index (χ1v) is 9.75. The van der Waals surface area contributed by atoms with E-state index < -0.39 is 46.4 Å². The molecule has 0 aromatic heterocycles. The van der Waals surface area contributed by atoms with Crippen LogP contribution in [-0.2, 0) is 6.42 Å². The van der Waals surface area contributed by atoms with Gasteiger partial charge in [-0.15, -0.1) is 0 Å². The quantitative estimate of drug-likeness (QED) is 0.132. The Bertz CT molecular complexity index is 1050. The van der Waals surface area contributed by atoms with Gasteiger partial charge in [0, 0.05) is 12.1 Å². The first-order chi connectivity index (χ1) is 14.8. The highest BCUT2D eigenvalue weighted by Crippen LogP contribution is 2.27. The Labute approximate surface area is 176 Å². The van der Waals surface area contributed by atoms with E-state index in [1.165, 1.54) is 0 Å². The molecule has 3 aromatic rings. The molecular weight excluding hydrogens is 415 g/mol. The van der Waals surface area contributed by atoms with E-state index in [-0.39, 0.29) is 5.56 Å². The van der Waals surface area contributed by atoms with Crippen LogP contribution in [0.25, 0.3) is 11.1 Å². The Morgan fingerprint density at radius 1 is 0.774 bits per heavy atom. The van der Waals surface area contributed by atoms with Crippen molar-refractivity contribution in [3.8, 4) is 16.9 Å². The molecule has 0 bridgehead atoms. The van der Waals surface area contributed by atoms with Gasteiger partial charge in [0.15, 0.2) is 17.5 Å².